The Bertz CT molecular complexity index is 297. The molecular formula is C9H10F7N. The molecule has 1 nitrogen and oxygen atoms in total. The first-order valence-corrected chi connectivity index (χ1v) is 4.93. The number of hydrogen-bond donors (Lipinski definition) is 0. The summed E-state index contributed by atoms with van der Waals surface area (Å²) in [4.78, 5) is 0.151. The van der Waals surface area contributed by atoms with Gasteiger partial charge in [-0.05, 0) is 12.8 Å². The zero-order valence-corrected chi connectivity index (χ0v) is 8.63. The molecule has 0 unspecified atom stereocenters. The Hall–Kier alpha value is -0.790. The molecule has 1 saturated heterocycles. The zero-order chi connectivity index (χ0) is 13.3. The number of likely N-dealkylation sites (tertiary alicyclic amines) is 1. The minimum Gasteiger partial charge on any atom is -0.240 e. The summed E-state index contributed by atoms with van der Waals surface area (Å²) in [6.45, 7) is -0.639. The van der Waals surface area contributed by atoms with Gasteiger partial charge >= 0.3 is 12.2 Å². The van der Waals surface area contributed by atoms with Gasteiger partial charge in [-0.15, -0.1) is 0 Å². The van der Waals surface area contributed by atoms with E-state index in [0.717, 1.165) is 0 Å². The molecule has 0 aromatic heterocycles. The summed E-state index contributed by atoms with van der Waals surface area (Å²) >= 11 is 0. The molecule has 0 spiro atoms. The Morgan fingerprint density at radius 3 is 1.65 bits per heavy atom. The van der Waals surface area contributed by atoms with Crippen molar-refractivity contribution in [2.24, 2.45) is 0 Å². The van der Waals surface area contributed by atoms with Gasteiger partial charge in [-0.1, -0.05) is 6.42 Å². The van der Waals surface area contributed by atoms with Crippen molar-refractivity contribution in [1.82, 2.24) is 4.90 Å². The van der Waals surface area contributed by atoms with E-state index in [-0.39, 0.29) is 30.8 Å². The summed E-state index contributed by atoms with van der Waals surface area (Å²) in [5.41, 5.74) is -3.05. The van der Waals surface area contributed by atoms with E-state index in [0.29, 0.717) is 6.42 Å². The first-order valence-electron chi connectivity index (χ1n) is 4.93. The average molecular weight is 265 g/mol. The number of hydrogen-bond acceptors (Lipinski definition) is 1. The van der Waals surface area contributed by atoms with Gasteiger partial charge in [0, 0.05) is 13.1 Å². The first-order chi connectivity index (χ1) is 7.67. The molecule has 100 valence electrons. The topological polar surface area (TPSA) is 3.24 Å². The van der Waals surface area contributed by atoms with Gasteiger partial charge in [0.25, 0.3) is 6.08 Å². The summed E-state index contributed by atoms with van der Waals surface area (Å²) in [6, 6.07) is -4.67. The van der Waals surface area contributed by atoms with Crippen molar-refractivity contribution in [3.05, 3.63) is 11.7 Å². The summed E-state index contributed by atoms with van der Waals surface area (Å²) in [7, 11) is 0. The maximum atomic E-state index is 13.4. The molecule has 0 atom stereocenters. The smallest absolute Gasteiger partial charge is 0.240 e. The molecular weight excluding hydrogens is 255 g/mol. The average Bonchev–Trinajstić information content (AvgIpc) is 2.15. The highest BCUT2D eigenvalue weighted by molar-refractivity contribution is 5.19. The van der Waals surface area contributed by atoms with Crippen LogP contribution >= 0.6 is 0 Å². The van der Waals surface area contributed by atoms with Crippen LogP contribution in [0, 0.1) is 0 Å². The molecule has 17 heavy (non-hydrogen) atoms. The van der Waals surface area contributed by atoms with Crippen LogP contribution in [0.4, 0.5) is 30.7 Å². The molecule has 0 aromatic rings. The van der Waals surface area contributed by atoms with Crippen molar-refractivity contribution in [2.75, 3.05) is 13.1 Å². The molecule has 0 N–H and O–H groups in total. The molecule has 8 heteroatoms. The van der Waals surface area contributed by atoms with Crippen molar-refractivity contribution in [3.8, 4) is 0 Å². The second-order valence-corrected chi connectivity index (χ2v) is 3.72. The van der Waals surface area contributed by atoms with E-state index in [1.165, 1.54) is 0 Å². The van der Waals surface area contributed by atoms with Crippen molar-refractivity contribution in [2.45, 2.75) is 31.5 Å². The normalized spacial score (nSPS) is 19.2. The predicted molar refractivity (Wildman–Crippen MR) is 45.7 cm³/mol. The van der Waals surface area contributed by atoms with E-state index in [9.17, 15) is 30.7 Å². The minimum absolute atomic E-state index is 0.151. The van der Waals surface area contributed by atoms with Gasteiger partial charge in [0.05, 0.1) is 0 Å². The second kappa shape index (κ2) is 4.83. The highest BCUT2D eigenvalue weighted by Crippen LogP contribution is 2.43. The van der Waals surface area contributed by atoms with Crippen LogP contribution in [-0.4, -0.2) is 30.2 Å². The summed E-state index contributed by atoms with van der Waals surface area (Å²) in [5.74, 6) is 0. The Labute approximate surface area is 92.9 Å². The van der Waals surface area contributed by atoms with Gasteiger partial charge in [-0.2, -0.15) is 30.7 Å². The lowest BCUT2D eigenvalue weighted by atomic mass is 10.1. The standard InChI is InChI=1S/C9H10F7N/c10-7(11)6(8(12,13)14)9(15,16)17-4-2-1-3-5-17/h1-5H2. The number of alkyl halides is 5. The number of nitrogens with zero attached hydrogens (tertiary/aromatic N) is 1. The second-order valence-electron chi connectivity index (χ2n) is 3.72. The zero-order valence-electron chi connectivity index (χ0n) is 8.63. The fourth-order valence-electron chi connectivity index (χ4n) is 1.72. The van der Waals surface area contributed by atoms with Gasteiger partial charge < -0.3 is 0 Å². The highest BCUT2D eigenvalue weighted by Gasteiger charge is 2.56. The maximum absolute atomic E-state index is 13.4. The Morgan fingerprint density at radius 1 is 0.824 bits per heavy atom. The molecule has 1 heterocycles. The largest absolute Gasteiger partial charge is 0.425 e. The van der Waals surface area contributed by atoms with Crippen LogP contribution in [0.1, 0.15) is 19.3 Å². The van der Waals surface area contributed by atoms with E-state index in [1.54, 1.807) is 0 Å². The van der Waals surface area contributed by atoms with Gasteiger partial charge in [0.2, 0.25) is 0 Å². The number of halogens is 7. The van der Waals surface area contributed by atoms with E-state index < -0.39 is 23.9 Å². The monoisotopic (exact) mass is 265 g/mol. The van der Waals surface area contributed by atoms with Gasteiger partial charge in [0.15, 0.2) is 5.57 Å². The molecule has 1 aliphatic heterocycles. The minimum atomic E-state index is -5.74. The molecule has 0 radical (unpaired) electrons. The maximum Gasteiger partial charge on any atom is 0.425 e. The third kappa shape index (κ3) is 3.11. The van der Waals surface area contributed by atoms with Crippen molar-refractivity contribution < 1.29 is 30.7 Å². The van der Waals surface area contributed by atoms with Crippen LogP contribution < -0.4 is 0 Å². The fraction of sp³-hybridized carbons (Fsp3) is 0.778. The highest BCUT2D eigenvalue weighted by atomic mass is 19.4. The molecule has 0 bridgehead atoms. The molecule has 1 fully saturated rings. The SMILES string of the molecule is FC(F)=C(C(F)(F)F)C(F)(F)N1CCCCC1. The molecule has 0 saturated carbocycles. The van der Waals surface area contributed by atoms with Crippen molar-refractivity contribution in [1.29, 1.82) is 0 Å². The summed E-state index contributed by atoms with van der Waals surface area (Å²) in [5, 5.41) is 0. The van der Waals surface area contributed by atoms with E-state index in [2.05, 4.69) is 0 Å². The lowest BCUT2D eigenvalue weighted by molar-refractivity contribution is -0.187. The van der Waals surface area contributed by atoms with Gasteiger partial charge in [0.1, 0.15) is 0 Å². The molecule has 1 rings (SSSR count). The molecule has 0 amide bonds. The number of piperidine rings is 1. The Balaban J connectivity index is 3.04. The lowest BCUT2D eigenvalue weighted by Crippen LogP contribution is -2.49. The quantitative estimate of drug-likeness (QED) is 0.542. The first kappa shape index (κ1) is 14.3. The van der Waals surface area contributed by atoms with Crippen molar-refractivity contribution >= 4 is 0 Å². The van der Waals surface area contributed by atoms with Crippen LogP contribution in [0.25, 0.3) is 0 Å². The van der Waals surface area contributed by atoms with Crippen molar-refractivity contribution in [3.63, 3.8) is 0 Å². The Morgan fingerprint density at radius 2 is 1.29 bits per heavy atom. The third-order valence-electron chi connectivity index (χ3n) is 2.53. The van der Waals surface area contributed by atoms with Crippen LogP contribution in [0.5, 0.6) is 0 Å². The lowest BCUT2D eigenvalue weighted by Gasteiger charge is -2.35. The van der Waals surface area contributed by atoms with Crippen LogP contribution in [-0.2, 0) is 0 Å². The van der Waals surface area contributed by atoms with E-state index in [1.807, 2.05) is 0 Å². The molecule has 0 aliphatic carbocycles. The summed E-state index contributed by atoms with van der Waals surface area (Å²) in [6.07, 6.45) is -7.97. The van der Waals surface area contributed by atoms with E-state index in [4.69, 9.17) is 0 Å². The predicted octanol–water partition coefficient (Wildman–Crippen LogP) is 3.78. The van der Waals surface area contributed by atoms with Crippen LogP contribution in [0.2, 0.25) is 0 Å². The van der Waals surface area contributed by atoms with Crippen LogP contribution in [0.3, 0.4) is 0 Å². The molecule has 1 aliphatic rings. The van der Waals surface area contributed by atoms with E-state index >= 15 is 0 Å². The van der Waals surface area contributed by atoms with Gasteiger partial charge in [-0.3, -0.25) is 0 Å². The van der Waals surface area contributed by atoms with Crippen LogP contribution in [0.15, 0.2) is 11.7 Å². The summed E-state index contributed by atoms with van der Waals surface area (Å²) < 4.78 is 87.5. The third-order valence-corrected chi connectivity index (χ3v) is 2.53. The number of rotatable bonds is 2. The van der Waals surface area contributed by atoms with Gasteiger partial charge in [-0.25, -0.2) is 4.90 Å². The molecule has 0 aromatic carbocycles. The Kier molecular flexibility index (Phi) is 4.06. The fourth-order valence-corrected chi connectivity index (χ4v) is 1.72.